The molecule has 0 aliphatic carbocycles. The van der Waals surface area contributed by atoms with Gasteiger partial charge in [-0.3, -0.25) is 13.9 Å². The van der Waals surface area contributed by atoms with Gasteiger partial charge < -0.3 is 24.4 Å². The van der Waals surface area contributed by atoms with Crippen molar-refractivity contribution in [2.45, 2.75) is 57.6 Å². The molecule has 2 unspecified atom stereocenters. The van der Waals surface area contributed by atoms with Crippen LogP contribution >= 0.6 is 0 Å². The molecule has 3 rings (SSSR count). The lowest BCUT2D eigenvalue weighted by Gasteiger charge is -2.32. The zero-order valence-corrected chi connectivity index (χ0v) is 26.6. The van der Waals surface area contributed by atoms with Crippen LogP contribution in [0.5, 0.6) is 17.2 Å². The lowest BCUT2D eigenvalue weighted by Crippen LogP contribution is -2.52. The first-order valence-corrected chi connectivity index (χ1v) is 15.4. The van der Waals surface area contributed by atoms with Crippen molar-refractivity contribution in [3.63, 3.8) is 0 Å². The van der Waals surface area contributed by atoms with Crippen molar-refractivity contribution in [1.82, 2.24) is 10.2 Å². The van der Waals surface area contributed by atoms with Crippen molar-refractivity contribution >= 4 is 27.5 Å². The molecule has 0 fully saturated rings. The Morgan fingerprint density at radius 3 is 2.05 bits per heavy atom. The van der Waals surface area contributed by atoms with Crippen LogP contribution in [0.1, 0.15) is 38.3 Å². The summed E-state index contributed by atoms with van der Waals surface area (Å²) in [6.45, 7) is 6.89. The van der Waals surface area contributed by atoms with E-state index in [2.05, 4.69) is 5.32 Å². The highest BCUT2D eigenvalue weighted by atomic mass is 32.2. The molecule has 2 atom stereocenters. The first-order valence-electron chi connectivity index (χ1n) is 14.0. The molecule has 0 aliphatic heterocycles. The maximum atomic E-state index is 14.1. The molecule has 0 spiro atoms. The van der Waals surface area contributed by atoms with Gasteiger partial charge >= 0.3 is 0 Å². The van der Waals surface area contributed by atoms with Gasteiger partial charge in [-0.25, -0.2) is 8.42 Å². The summed E-state index contributed by atoms with van der Waals surface area (Å²) in [5.41, 5.74) is 1.98. The monoisotopic (exact) mass is 611 g/mol. The van der Waals surface area contributed by atoms with Gasteiger partial charge in [-0.1, -0.05) is 36.8 Å². The van der Waals surface area contributed by atoms with E-state index in [9.17, 15) is 18.0 Å². The molecule has 1 N–H and O–H groups in total. The molecular weight excluding hydrogens is 570 g/mol. The number of rotatable bonds is 14. The quantitative estimate of drug-likeness (QED) is 0.285. The Balaban J connectivity index is 2.06. The molecule has 0 saturated heterocycles. The van der Waals surface area contributed by atoms with Gasteiger partial charge in [0, 0.05) is 18.7 Å². The third kappa shape index (κ3) is 8.19. The Labute approximate surface area is 254 Å². The van der Waals surface area contributed by atoms with Gasteiger partial charge in [0.05, 0.1) is 31.9 Å². The average Bonchev–Trinajstić information content (AvgIpc) is 3.02. The van der Waals surface area contributed by atoms with E-state index in [1.165, 1.54) is 37.3 Å². The first kappa shape index (κ1) is 33.3. The topological polar surface area (TPSA) is 114 Å². The maximum absolute atomic E-state index is 14.1. The number of benzene rings is 3. The Morgan fingerprint density at radius 1 is 0.860 bits per heavy atom. The van der Waals surface area contributed by atoms with Crippen molar-refractivity contribution in [2.24, 2.45) is 0 Å². The number of hydrogen-bond donors (Lipinski definition) is 1. The van der Waals surface area contributed by atoms with E-state index in [1.807, 2.05) is 20.8 Å². The molecule has 43 heavy (non-hydrogen) atoms. The zero-order valence-electron chi connectivity index (χ0n) is 25.8. The van der Waals surface area contributed by atoms with Crippen molar-refractivity contribution < 1.29 is 32.2 Å². The fraction of sp³-hybridized carbons (Fsp3) is 0.375. The van der Waals surface area contributed by atoms with Gasteiger partial charge in [0.15, 0.2) is 11.5 Å². The van der Waals surface area contributed by atoms with Crippen LogP contribution < -0.4 is 23.8 Å². The zero-order chi connectivity index (χ0) is 31.7. The Hall–Kier alpha value is -4.25. The Kier molecular flexibility index (Phi) is 11.4. The highest BCUT2D eigenvalue weighted by Crippen LogP contribution is 2.32. The van der Waals surface area contributed by atoms with E-state index in [-0.39, 0.29) is 29.1 Å². The van der Waals surface area contributed by atoms with E-state index in [1.54, 1.807) is 62.6 Å². The largest absolute Gasteiger partial charge is 0.497 e. The highest BCUT2D eigenvalue weighted by molar-refractivity contribution is 7.92. The summed E-state index contributed by atoms with van der Waals surface area (Å²) in [6.07, 6.45) is 0.718. The second-order valence-corrected chi connectivity index (χ2v) is 12.1. The average molecular weight is 612 g/mol. The molecular formula is C32H41N3O7S. The second kappa shape index (κ2) is 14.8. The van der Waals surface area contributed by atoms with Crippen molar-refractivity contribution in [2.75, 3.05) is 32.2 Å². The van der Waals surface area contributed by atoms with E-state index < -0.39 is 28.5 Å². The van der Waals surface area contributed by atoms with Crippen LogP contribution in [0.3, 0.4) is 0 Å². The van der Waals surface area contributed by atoms with Crippen LogP contribution in [0.4, 0.5) is 5.69 Å². The molecule has 2 amide bonds. The molecule has 11 heteroatoms. The summed E-state index contributed by atoms with van der Waals surface area (Å²) in [5.74, 6) is 0.366. The lowest BCUT2D eigenvalue weighted by molar-refractivity contribution is -0.139. The van der Waals surface area contributed by atoms with Crippen molar-refractivity contribution in [3.8, 4) is 17.2 Å². The number of carbonyl (C=O) groups is 2. The summed E-state index contributed by atoms with van der Waals surface area (Å²) in [7, 11) is 0.162. The summed E-state index contributed by atoms with van der Waals surface area (Å²) in [6, 6.07) is 17.3. The number of nitrogens with zero attached hydrogens (tertiary/aromatic N) is 2. The summed E-state index contributed by atoms with van der Waals surface area (Å²) in [4.78, 5) is 28.6. The number of sulfonamides is 1. The molecule has 3 aromatic carbocycles. The number of hydrogen-bond acceptors (Lipinski definition) is 7. The summed E-state index contributed by atoms with van der Waals surface area (Å²) >= 11 is 0. The maximum Gasteiger partial charge on any atom is 0.264 e. The predicted octanol–water partition coefficient (Wildman–Crippen LogP) is 4.55. The van der Waals surface area contributed by atoms with E-state index in [4.69, 9.17) is 14.2 Å². The molecule has 232 valence electrons. The van der Waals surface area contributed by atoms with Crippen LogP contribution in [-0.4, -0.2) is 65.1 Å². The molecule has 0 aromatic heterocycles. The van der Waals surface area contributed by atoms with Crippen LogP contribution in [0.15, 0.2) is 71.6 Å². The van der Waals surface area contributed by atoms with E-state index in [0.29, 0.717) is 17.2 Å². The van der Waals surface area contributed by atoms with Gasteiger partial charge in [0.25, 0.3) is 10.0 Å². The number of aryl methyl sites for hydroxylation is 1. The fourth-order valence-corrected chi connectivity index (χ4v) is 5.75. The van der Waals surface area contributed by atoms with Gasteiger partial charge in [-0.05, 0) is 69.2 Å². The summed E-state index contributed by atoms with van der Waals surface area (Å²) in [5, 5.41) is 2.93. The highest BCUT2D eigenvalue weighted by Gasteiger charge is 2.33. The minimum atomic E-state index is -4.27. The molecule has 0 radical (unpaired) electrons. The van der Waals surface area contributed by atoms with E-state index in [0.717, 1.165) is 21.9 Å². The predicted molar refractivity (Wildman–Crippen MR) is 166 cm³/mol. The fourth-order valence-electron chi connectivity index (χ4n) is 4.32. The Bertz CT molecular complexity index is 1490. The molecule has 0 aliphatic rings. The summed E-state index contributed by atoms with van der Waals surface area (Å²) < 4.78 is 45.2. The number of methoxy groups -OCH3 is 3. The number of amides is 2. The molecule has 0 heterocycles. The number of carbonyl (C=O) groups excluding carboxylic acids is 2. The third-order valence-electron chi connectivity index (χ3n) is 7.22. The first-order chi connectivity index (χ1) is 20.4. The van der Waals surface area contributed by atoms with Crippen LogP contribution in [0, 0.1) is 6.92 Å². The molecule has 10 nitrogen and oxygen atoms in total. The molecule has 3 aromatic rings. The van der Waals surface area contributed by atoms with Crippen LogP contribution in [-0.2, 0) is 26.2 Å². The molecule has 0 bridgehead atoms. The minimum Gasteiger partial charge on any atom is -0.497 e. The SMILES string of the molecule is CCC(C)NC(=O)C(C)N(Cc1ccc(OC)cc1)C(=O)CN(c1ccc(C)cc1)S(=O)(=O)c1ccc(OC)c(OC)c1. The smallest absolute Gasteiger partial charge is 0.264 e. The normalized spacial score (nSPS) is 12.5. The lowest BCUT2D eigenvalue weighted by atomic mass is 10.1. The number of anilines is 1. The molecule has 0 saturated carbocycles. The van der Waals surface area contributed by atoms with Gasteiger partial charge in [0.1, 0.15) is 18.3 Å². The second-order valence-electron chi connectivity index (χ2n) is 10.2. The van der Waals surface area contributed by atoms with Gasteiger partial charge in [-0.15, -0.1) is 0 Å². The van der Waals surface area contributed by atoms with Gasteiger partial charge in [-0.2, -0.15) is 0 Å². The standard InChI is InChI=1S/C32H41N3O7S/c1-8-23(3)33-32(37)24(4)34(20-25-11-15-27(40-5)16-12-25)31(36)21-35(26-13-9-22(2)10-14-26)43(38,39)28-17-18-29(41-6)30(19-28)42-7/h9-19,23-24H,8,20-21H2,1-7H3,(H,33,37). The number of ether oxygens (including phenoxy) is 3. The van der Waals surface area contributed by atoms with Crippen LogP contribution in [0.2, 0.25) is 0 Å². The van der Waals surface area contributed by atoms with Gasteiger partial charge in [0.2, 0.25) is 11.8 Å². The van der Waals surface area contributed by atoms with Crippen LogP contribution in [0.25, 0.3) is 0 Å². The third-order valence-corrected chi connectivity index (χ3v) is 8.99. The number of nitrogens with one attached hydrogen (secondary N) is 1. The van der Waals surface area contributed by atoms with E-state index >= 15 is 0 Å². The minimum absolute atomic E-state index is 0.0794. The van der Waals surface area contributed by atoms with Crippen molar-refractivity contribution in [3.05, 3.63) is 77.9 Å². The Morgan fingerprint density at radius 2 is 1.49 bits per heavy atom. The van der Waals surface area contributed by atoms with Crippen molar-refractivity contribution in [1.29, 1.82) is 0 Å².